The van der Waals surface area contributed by atoms with E-state index >= 15 is 0 Å². The average Bonchev–Trinajstić information content (AvgIpc) is 2.88. The Morgan fingerprint density at radius 2 is 1.83 bits per heavy atom. The number of hydrogen-bond donors (Lipinski definition) is 2. The molecule has 36 heavy (non-hydrogen) atoms. The molecule has 1 atom stereocenters. The number of aliphatic hydroxyl groups excluding tert-OH is 1. The molecule has 3 heterocycles. The van der Waals surface area contributed by atoms with Crippen LogP contribution in [-0.4, -0.2) is 45.5 Å². The van der Waals surface area contributed by atoms with Gasteiger partial charge < -0.3 is 14.7 Å². The highest BCUT2D eigenvalue weighted by Crippen LogP contribution is 2.41. The second kappa shape index (κ2) is 10.1. The van der Waals surface area contributed by atoms with Crippen LogP contribution in [-0.2, 0) is 6.54 Å². The van der Waals surface area contributed by atoms with Gasteiger partial charge in [-0.2, -0.15) is 4.39 Å². The standard InChI is InChI=1S/C29H32FN3O3/c1-19(2)33-14-11-29(12-15-33)17-25(34)24-16-22(9-10-26(24)36-29)20-5-7-21(8-6-20)28(35)32-18-23-4-3-13-31-27(23)30/h3-10,13,16,19,28,32,35H,11-12,14-15,17-18H2,1-2H3. The van der Waals surface area contributed by atoms with Crippen LogP contribution < -0.4 is 10.1 Å². The number of piperidine rings is 1. The lowest BCUT2D eigenvalue weighted by molar-refractivity contribution is -0.0153. The van der Waals surface area contributed by atoms with Crippen LogP contribution in [0.15, 0.2) is 60.8 Å². The Morgan fingerprint density at radius 1 is 1.11 bits per heavy atom. The number of carbonyl (C=O) groups excluding carboxylic acids is 1. The second-order valence-electron chi connectivity index (χ2n) is 10.1. The third-order valence-corrected chi connectivity index (χ3v) is 7.41. The molecule has 2 aliphatic heterocycles. The van der Waals surface area contributed by atoms with Gasteiger partial charge >= 0.3 is 0 Å². The van der Waals surface area contributed by atoms with Gasteiger partial charge in [0.05, 0.1) is 12.0 Å². The zero-order chi connectivity index (χ0) is 25.3. The van der Waals surface area contributed by atoms with Crippen LogP contribution in [0.25, 0.3) is 11.1 Å². The molecule has 1 unspecified atom stereocenters. The van der Waals surface area contributed by atoms with Gasteiger partial charge in [0.25, 0.3) is 0 Å². The van der Waals surface area contributed by atoms with Gasteiger partial charge in [0, 0.05) is 50.3 Å². The first-order valence-electron chi connectivity index (χ1n) is 12.6. The van der Waals surface area contributed by atoms with E-state index in [1.165, 1.54) is 6.20 Å². The van der Waals surface area contributed by atoms with Gasteiger partial charge in [-0.3, -0.25) is 10.1 Å². The smallest absolute Gasteiger partial charge is 0.217 e. The first kappa shape index (κ1) is 24.6. The van der Waals surface area contributed by atoms with Crippen molar-refractivity contribution in [1.82, 2.24) is 15.2 Å². The molecule has 0 saturated carbocycles. The highest BCUT2D eigenvalue weighted by atomic mass is 19.1. The maximum Gasteiger partial charge on any atom is 0.217 e. The molecule has 1 spiro atoms. The number of likely N-dealkylation sites (tertiary alicyclic amines) is 1. The number of halogens is 1. The number of hydrogen-bond acceptors (Lipinski definition) is 6. The number of carbonyl (C=O) groups is 1. The van der Waals surface area contributed by atoms with Crippen LogP contribution >= 0.6 is 0 Å². The number of ketones is 1. The molecule has 1 fully saturated rings. The Labute approximate surface area is 211 Å². The van der Waals surface area contributed by atoms with Gasteiger partial charge in [0.1, 0.15) is 17.6 Å². The maximum atomic E-state index is 13.7. The normalized spacial score (nSPS) is 18.2. The molecular formula is C29H32FN3O3. The van der Waals surface area contributed by atoms with Gasteiger partial charge in [-0.15, -0.1) is 0 Å². The van der Waals surface area contributed by atoms with E-state index in [1.807, 2.05) is 42.5 Å². The van der Waals surface area contributed by atoms with Crippen molar-refractivity contribution in [3.8, 4) is 16.9 Å². The fourth-order valence-electron chi connectivity index (χ4n) is 5.13. The topological polar surface area (TPSA) is 74.7 Å². The highest BCUT2D eigenvalue weighted by molar-refractivity contribution is 6.01. The summed E-state index contributed by atoms with van der Waals surface area (Å²) in [5, 5.41) is 13.4. The minimum atomic E-state index is -0.949. The van der Waals surface area contributed by atoms with E-state index < -0.39 is 12.2 Å². The zero-order valence-corrected chi connectivity index (χ0v) is 20.7. The first-order chi connectivity index (χ1) is 17.3. The molecule has 2 N–H and O–H groups in total. The number of aliphatic hydroxyl groups is 1. The van der Waals surface area contributed by atoms with Crippen molar-refractivity contribution in [1.29, 1.82) is 0 Å². The predicted molar refractivity (Wildman–Crippen MR) is 136 cm³/mol. The molecule has 3 aromatic rings. The number of fused-ring (bicyclic) bond motifs is 1. The molecule has 1 saturated heterocycles. The van der Waals surface area contributed by atoms with Gasteiger partial charge in [0.2, 0.25) is 5.95 Å². The van der Waals surface area contributed by atoms with Crippen LogP contribution in [0.5, 0.6) is 5.75 Å². The van der Waals surface area contributed by atoms with Crippen LogP contribution in [0.2, 0.25) is 0 Å². The number of benzene rings is 2. The average molecular weight is 490 g/mol. The number of ether oxygens (including phenoxy) is 1. The number of rotatable bonds is 6. The van der Waals surface area contributed by atoms with E-state index in [2.05, 4.69) is 29.0 Å². The summed E-state index contributed by atoms with van der Waals surface area (Å²) in [7, 11) is 0. The molecule has 5 rings (SSSR count). The van der Waals surface area contributed by atoms with Crippen molar-refractivity contribution in [2.45, 2.75) is 57.5 Å². The van der Waals surface area contributed by atoms with Crippen molar-refractivity contribution in [2.75, 3.05) is 13.1 Å². The van der Waals surface area contributed by atoms with Crippen LogP contribution in [0.1, 0.15) is 60.8 Å². The molecule has 0 aliphatic carbocycles. The lowest BCUT2D eigenvalue weighted by Crippen LogP contribution is -2.52. The quantitative estimate of drug-likeness (QED) is 0.380. The number of nitrogens with zero attached hydrogens (tertiary/aromatic N) is 2. The number of nitrogens with one attached hydrogen (secondary N) is 1. The largest absolute Gasteiger partial charge is 0.486 e. The van der Waals surface area contributed by atoms with Crippen molar-refractivity contribution < 1.29 is 19.0 Å². The SMILES string of the molecule is CC(C)N1CCC2(CC1)CC(=O)c1cc(-c3ccc(C(O)NCc4cccnc4F)cc3)ccc1O2. The zero-order valence-electron chi connectivity index (χ0n) is 20.7. The molecule has 2 aromatic carbocycles. The summed E-state index contributed by atoms with van der Waals surface area (Å²) in [5.41, 5.74) is 3.15. The highest BCUT2D eigenvalue weighted by Gasteiger charge is 2.43. The third kappa shape index (κ3) is 5.05. The summed E-state index contributed by atoms with van der Waals surface area (Å²) in [5.74, 6) is 0.257. The molecule has 0 radical (unpaired) electrons. The van der Waals surface area contributed by atoms with E-state index in [-0.39, 0.29) is 17.9 Å². The summed E-state index contributed by atoms with van der Waals surface area (Å²) < 4.78 is 20.2. The Morgan fingerprint density at radius 3 is 2.53 bits per heavy atom. The van der Waals surface area contributed by atoms with Gasteiger partial charge in [-0.1, -0.05) is 36.4 Å². The number of aromatic nitrogens is 1. The number of pyridine rings is 1. The van der Waals surface area contributed by atoms with Crippen molar-refractivity contribution in [3.05, 3.63) is 83.4 Å². The summed E-state index contributed by atoms with van der Waals surface area (Å²) >= 11 is 0. The molecule has 6 nitrogen and oxygen atoms in total. The monoisotopic (exact) mass is 489 g/mol. The van der Waals surface area contributed by atoms with Gasteiger partial charge in [-0.25, -0.2) is 4.98 Å². The molecule has 0 bridgehead atoms. The van der Waals surface area contributed by atoms with E-state index in [0.29, 0.717) is 34.9 Å². The fraction of sp³-hybridized carbons (Fsp3) is 0.379. The van der Waals surface area contributed by atoms with Crippen molar-refractivity contribution in [3.63, 3.8) is 0 Å². The van der Waals surface area contributed by atoms with Crippen molar-refractivity contribution >= 4 is 5.78 Å². The Hall–Kier alpha value is -3.13. The molecular weight excluding hydrogens is 457 g/mol. The van der Waals surface area contributed by atoms with Gasteiger partial charge in [-0.05, 0) is 48.7 Å². The lowest BCUT2D eigenvalue weighted by Gasteiger charge is -2.45. The summed E-state index contributed by atoms with van der Waals surface area (Å²) in [6, 6.07) is 17.0. The fourth-order valence-corrected chi connectivity index (χ4v) is 5.13. The molecule has 188 valence electrons. The van der Waals surface area contributed by atoms with Crippen LogP contribution in [0.4, 0.5) is 4.39 Å². The van der Waals surface area contributed by atoms with E-state index in [9.17, 15) is 14.3 Å². The Kier molecular flexibility index (Phi) is 6.88. The maximum absolute atomic E-state index is 13.7. The van der Waals surface area contributed by atoms with Crippen LogP contribution in [0, 0.1) is 5.95 Å². The van der Waals surface area contributed by atoms with Crippen molar-refractivity contribution in [2.24, 2.45) is 0 Å². The Bertz CT molecular complexity index is 1240. The Balaban J connectivity index is 1.26. The minimum Gasteiger partial charge on any atom is -0.486 e. The van der Waals surface area contributed by atoms with E-state index in [1.54, 1.807) is 12.1 Å². The molecule has 7 heteroatoms. The second-order valence-corrected chi connectivity index (χ2v) is 10.1. The minimum absolute atomic E-state index is 0.134. The van der Waals surface area contributed by atoms with Crippen LogP contribution in [0.3, 0.4) is 0 Å². The van der Waals surface area contributed by atoms with E-state index in [0.717, 1.165) is 37.1 Å². The molecule has 0 amide bonds. The number of Topliss-reactive ketones (excluding diaryl/α,β-unsaturated/α-hetero) is 1. The van der Waals surface area contributed by atoms with Gasteiger partial charge in [0.15, 0.2) is 5.78 Å². The summed E-state index contributed by atoms with van der Waals surface area (Å²) in [6.45, 7) is 6.46. The third-order valence-electron chi connectivity index (χ3n) is 7.41. The predicted octanol–water partition coefficient (Wildman–Crippen LogP) is 4.88. The molecule has 1 aromatic heterocycles. The first-order valence-corrected chi connectivity index (χ1v) is 12.6. The lowest BCUT2D eigenvalue weighted by atomic mass is 9.81. The molecule has 2 aliphatic rings. The summed E-state index contributed by atoms with van der Waals surface area (Å²) in [4.78, 5) is 19.2. The summed E-state index contributed by atoms with van der Waals surface area (Å²) in [6.07, 6.45) is 2.59. The van der Waals surface area contributed by atoms with E-state index in [4.69, 9.17) is 4.74 Å².